The van der Waals surface area contributed by atoms with Crippen molar-refractivity contribution in [2.75, 3.05) is 6.54 Å². The van der Waals surface area contributed by atoms with Crippen molar-refractivity contribution in [2.24, 2.45) is 11.8 Å². The summed E-state index contributed by atoms with van der Waals surface area (Å²) in [6.07, 6.45) is 1.44. The fraction of sp³-hybridized carbons (Fsp3) is 1.00. The van der Waals surface area contributed by atoms with E-state index >= 15 is 0 Å². The second-order valence-corrected chi connectivity index (χ2v) is 3.10. The normalized spacial score (nSPS) is 53.9. The van der Waals surface area contributed by atoms with Gasteiger partial charge in [-0.2, -0.15) is 0 Å². The first-order chi connectivity index (χ1) is 3.79. The van der Waals surface area contributed by atoms with Crippen LogP contribution in [0.2, 0.25) is 0 Å². The molecule has 0 aromatic heterocycles. The molecule has 3 atom stereocenters. The lowest BCUT2D eigenvalue weighted by Gasteiger charge is -2.17. The molecule has 0 bridgehead atoms. The third kappa shape index (κ3) is 0.468. The van der Waals surface area contributed by atoms with Crippen molar-refractivity contribution in [3.63, 3.8) is 0 Å². The molecule has 1 aliphatic heterocycles. The third-order valence-corrected chi connectivity index (χ3v) is 2.57. The number of hydrogen-bond donors (Lipinski definition) is 0. The van der Waals surface area contributed by atoms with Crippen LogP contribution < -0.4 is 0 Å². The number of hydrogen-bond acceptors (Lipinski definition) is 1. The molecule has 8 heavy (non-hydrogen) atoms. The van der Waals surface area contributed by atoms with E-state index in [1.165, 1.54) is 6.42 Å². The summed E-state index contributed by atoms with van der Waals surface area (Å²) in [5, 5.41) is 0. The van der Waals surface area contributed by atoms with E-state index in [9.17, 15) is 0 Å². The number of piperidine rings is 1. The fourth-order valence-electron chi connectivity index (χ4n) is 1.75. The molecule has 1 heterocycles. The highest BCUT2D eigenvalue weighted by Gasteiger charge is 2.48. The maximum absolute atomic E-state index is 5.63. The van der Waals surface area contributed by atoms with Gasteiger partial charge >= 0.3 is 0 Å². The van der Waals surface area contributed by atoms with Crippen LogP contribution in [0.5, 0.6) is 0 Å². The minimum absolute atomic E-state index is 0.667. The van der Waals surface area contributed by atoms with E-state index < -0.39 is 0 Å². The van der Waals surface area contributed by atoms with Crippen molar-refractivity contribution in [1.82, 2.24) is 4.81 Å². The number of nitrogens with zero attached hydrogens (tertiary/aromatic N) is 1. The highest BCUT2D eigenvalue weighted by atomic mass is 15.1. The van der Waals surface area contributed by atoms with Gasteiger partial charge in [-0.1, -0.05) is 6.92 Å². The Balaban J connectivity index is 2.08. The van der Waals surface area contributed by atoms with Gasteiger partial charge in [-0.15, -0.1) is 0 Å². The average molecular weight is 107 g/mol. The van der Waals surface area contributed by atoms with Crippen molar-refractivity contribution in [2.45, 2.75) is 19.4 Å². The van der Waals surface area contributed by atoms with Gasteiger partial charge in [-0.25, -0.2) is 0 Å². The fourth-order valence-corrected chi connectivity index (χ4v) is 1.75. The molecule has 1 aliphatic carbocycles. The number of fused-ring (bicyclic) bond motifs is 1. The molecular weight excluding hydrogens is 96.9 g/mol. The van der Waals surface area contributed by atoms with Crippen LogP contribution in [0.1, 0.15) is 13.3 Å². The molecule has 1 saturated heterocycles. The summed E-state index contributed by atoms with van der Waals surface area (Å²) >= 11 is 0. The van der Waals surface area contributed by atoms with Gasteiger partial charge in [0.25, 0.3) is 0 Å². The first-order valence-electron chi connectivity index (χ1n) is 3.30. The van der Waals surface area contributed by atoms with Crippen LogP contribution in [-0.4, -0.2) is 25.4 Å². The zero-order valence-corrected chi connectivity index (χ0v) is 5.17. The molecule has 0 spiro atoms. The van der Waals surface area contributed by atoms with Crippen molar-refractivity contribution in [1.29, 1.82) is 0 Å². The molecular formula is C6H10BN. The summed E-state index contributed by atoms with van der Waals surface area (Å²) in [5.41, 5.74) is 0. The van der Waals surface area contributed by atoms with Gasteiger partial charge in [0.05, 0.1) is 0 Å². The maximum Gasteiger partial charge on any atom is 0.182 e. The number of rotatable bonds is 0. The second-order valence-electron chi connectivity index (χ2n) is 3.10. The Kier molecular flexibility index (Phi) is 0.788. The summed E-state index contributed by atoms with van der Waals surface area (Å²) in [6, 6.07) is 0.667. The molecule has 0 aromatic carbocycles. The minimum Gasteiger partial charge on any atom is -0.351 e. The third-order valence-electron chi connectivity index (χ3n) is 2.57. The van der Waals surface area contributed by atoms with E-state index in [1.807, 2.05) is 4.81 Å². The van der Waals surface area contributed by atoms with E-state index in [4.69, 9.17) is 7.98 Å². The average Bonchev–Trinajstić information content (AvgIpc) is 2.39. The largest absolute Gasteiger partial charge is 0.351 e. The van der Waals surface area contributed by atoms with Gasteiger partial charge in [0, 0.05) is 0 Å². The molecule has 0 N–H and O–H groups in total. The zero-order valence-electron chi connectivity index (χ0n) is 5.17. The van der Waals surface area contributed by atoms with Crippen molar-refractivity contribution in [3.8, 4) is 0 Å². The highest BCUT2D eigenvalue weighted by Crippen LogP contribution is 2.48. The van der Waals surface area contributed by atoms with E-state index in [-0.39, 0.29) is 0 Å². The first-order valence-corrected chi connectivity index (χ1v) is 3.30. The quantitative estimate of drug-likeness (QED) is 0.405. The van der Waals surface area contributed by atoms with E-state index in [0.29, 0.717) is 6.04 Å². The van der Waals surface area contributed by atoms with Crippen LogP contribution in [0.25, 0.3) is 0 Å². The lowest BCUT2D eigenvalue weighted by Crippen LogP contribution is -2.27. The van der Waals surface area contributed by atoms with E-state index in [0.717, 1.165) is 18.4 Å². The van der Waals surface area contributed by atoms with E-state index in [2.05, 4.69) is 6.92 Å². The maximum atomic E-state index is 5.63. The highest BCUT2D eigenvalue weighted by molar-refractivity contribution is 6.04. The van der Waals surface area contributed by atoms with Crippen LogP contribution >= 0.6 is 0 Å². The summed E-state index contributed by atoms with van der Waals surface area (Å²) in [6.45, 7) is 3.36. The van der Waals surface area contributed by atoms with E-state index in [1.54, 1.807) is 0 Å². The Bertz CT molecular complexity index is 113. The minimum atomic E-state index is 0.667. The molecule has 0 amide bonds. The SMILES string of the molecule is [B]N1CC2CC2C1C. The van der Waals surface area contributed by atoms with Crippen LogP contribution in [0.4, 0.5) is 0 Å². The Labute approximate surface area is 51.5 Å². The lowest BCUT2D eigenvalue weighted by atomic mass is 10.2. The zero-order chi connectivity index (χ0) is 5.72. The summed E-state index contributed by atoms with van der Waals surface area (Å²) in [5.74, 6) is 1.93. The summed E-state index contributed by atoms with van der Waals surface area (Å²) in [4.78, 5) is 1.97. The molecule has 3 unspecified atom stereocenters. The first kappa shape index (κ1) is 4.86. The molecule has 1 nitrogen and oxygen atoms in total. The molecule has 2 aliphatic rings. The monoisotopic (exact) mass is 107 g/mol. The Hall–Kier alpha value is 0.0249. The summed E-state index contributed by atoms with van der Waals surface area (Å²) < 4.78 is 0. The second kappa shape index (κ2) is 1.30. The molecule has 2 fully saturated rings. The smallest absolute Gasteiger partial charge is 0.182 e. The van der Waals surface area contributed by atoms with Crippen LogP contribution in [0.15, 0.2) is 0 Å². The standard InChI is InChI=1S/C6H10BN/c1-4-6-2-5(6)3-8(4)7/h4-6H,2-3H2,1H3. The van der Waals surface area contributed by atoms with Gasteiger partial charge in [0.2, 0.25) is 0 Å². The van der Waals surface area contributed by atoms with Crippen molar-refractivity contribution in [3.05, 3.63) is 0 Å². The Morgan fingerprint density at radius 3 is 2.62 bits per heavy atom. The molecule has 1 saturated carbocycles. The lowest BCUT2D eigenvalue weighted by molar-refractivity contribution is 0.391. The summed E-state index contributed by atoms with van der Waals surface area (Å²) in [7, 11) is 5.63. The van der Waals surface area contributed by atoms with Crippen LogP contribution in [-0.2, 0) is 0 Å². The molecule has 2 radical (unpaired) electrons. The van der Waals surface area contributed by atoms with Crippen LogP contribution in [0.3, 0.4) is 0 Å². The molecule has 2 heteroatoms. The predicted molar refractivity (Wildman–Crippen MR) is 33.5 cm³/mol. The van der Waals surface area contributed by atoms with Crippen molar-refractivity contribution >= 4 is 7.98 Å². The Morgan fingerprint density at radius 1 is 1.62 bits per heavy atom. The van der Waals surface area contributed by atoms with Gasteiger partial charge in [-0.05, 0) is 30.8 Å². The van der Waals surface area contributed by atoms with Gasteiger partial charge < -0.3 is 4.81 Å². The Morgan fingerprint density at radius 2 is 2.38 bits per heavy atom. The topological polar surface area (TPSA) is 3.24 Å². The van der Waals surface area contributed by atoms with Crippen molar-refractivity contribution < 1.29 is 0 Å². The molecule has 2 rings (SSSR count). The van der Waals surface area contributed by atoms with Gasteiger partial charge in [-0.3, -0.25) is 0 Å². The van der Waals surface area contributed by atoms with Crippen LogP contribution in [0, 0.1) is 11.8 Å². The van der Waals surface area contributed by atoms with Gasteiger partial charge in [0.15, 0.2) is 7.98 Å². The van der Waals surface area contributed by atoms with Gasteiger partial charge in [0.1, 0.15) is 0 Å². The molecule has 42 valence electrons. The predicted octanol–water partition coefficient (Wildman–Crippen LogP) is 0.410. The molecule has 0 aromatic rings.